The van der Waals surface area contributed by atoms with Crippen molar-refractivity contribution in [1.82, 2.24) is 5.32 Å². The Labute approximate surface area is 170 Å². The summed E-state index contributed by atoms with van der Waals surface area (Å²) in [6.45, 7) is 2.25. The largest absolute Gasteiger partial charge is 0.497 e. The molecule has 0 bridgehead atoms. The van der Waals surface area contributed by atoms with Gasteiger partial charge in [0.1, 0.15) is 5.75 Å². The van der Waals surface area contributed by atoms with Crippen molar-refractivity contribution in [2.45, 2.75) is 19.8 Å². The first-order chi connectivity index (χ1) is 14.0. The van der Waals surface area contributed by atoms with Crippen molar-refractivity contribution in [2.24, 2.45) is 5.92 Å². The second-order valence-electron chi connectivity index (χ2n) is 7.03. The molecule has 0 spiro atoms. The quantitative estimate of drug-likeness (QED) is 0.753. The van der Waals surface area contributed by atoms with Gasteiger partial charge in [0.15, 0.2) is 0 Å². The maximum atomic E-state index is 12.5. The first-order valence-electron chi connectivity index (χ1n) is 9.55. The number of ether oxygens (including phenoxy) is 1. The number of methoxy groups -OCH3 is 1. The van der Waals surface area contributed by atoms with Gasteiger partial charge in [0.25, 0.3) is 0 Å². The van der Waals surface area contributed by atoms with Gasteiger partial charge in [0.05, 0.1) is 13.0 Å². The minimum Gasteiger partial charge on any atom is -0.497 e. The van der Waals surface area contributed by atoms with E-state index >= 15 is 0 Å². The zero-order valence-corrected chi connectivity index (χ0v) is 16.6. The number of anilines is 2. The fraction of sp³-hybridized carbons (Fsp3) is 0.318. The van der Waals surface area contributed by atoms with E-state index in [4.69, 9.17) is 4.74 Å². The Morgan fingerprint density at radius 3 is 2.72 bits per heavy atom. The molecule has 7 heteroatoms. The van der Waals surface area contributed by atoms with Crippen LogP contribution in [0.25, 0.3) is 0 Å². The van der Waals surface area contributed by atoms with E-state index in [1.54, 1.807) is 36.3 Å². The molecule has 0 aliphatic carbocycles. The van der Waals surface area contributed by atoms with E-state index in [-0.39, 0.29) is 24.1 Å². The van der Waals surface area contributed by atoms with Gasteiger partial charge in [-0.3, -0.25) is 14.4 Å². The predicted molar refractivity (Wildman–Crippen MR) is 111 cm³/mol. The predicted octanol–water partition coefficient (Wildman–Crippen LogP) is 2.37. The van der Waals surface area contributed by atoms with Crippen molar-refractivity contribution >= 4 is 29.1 Å². The molecule has 0 saturated carbocycles. The Hall–Kier alpha value is -3.35. The third-order valence-electron chi connectivity index (χ3n) is 4.82. The van der Waals surface area contributed by atoms with Crippen molar-refractivity contribution in [2.75, 3.05) is 30.4 Å². The van der Waals surface area contributed by atoms with E-state index < -0.39 is 5.92 Å². The third-order valence-corrected chi connectivity index (χ3v) is 4.82. The molecule has 1 heterocycles. The normalized spacial score (nSPS) is 15.9. The summed E-state index contributed by atoms with van der Waals surface area (Å²) in [7, 11) is 1.62. The lowest BCUT2D eigenvalue weighted by atomic mass is 10.1. The summed E-state index contributed by atoms with van der Waals surface area (Å²) < 4.78 is 5.21. The van der Waals surface area contributed by atoms with Crippen LogP contribution in [0.15, 0.2) is 48.5 Å². The Morgan fingerprint density at radius 1 is 1.17 bits per heavy atom. The molecular weight excluding hydrogens is 370 g/mol. The number of nitrogens with zero attached hydrogens (tertiary/aromatic N) is 1. The van der Waals surface area contributed by atoms with Crippen LogP contribution in [0, 0.1) is 5.92 Å². The van der Waals surface area contributed by atoms with Crippen molar-refractivity contribution in [1.29, 1.82) is 0 Å². The SMILES string of the molecule is COc1cccc(CCNC(=O)C2CC(=O)N(c3cccc(NC(C)=O)c3)C2)c1. The molecule has 2 aromatic rings. The van der Waals surface area contributed by atoms with Crippen LogP contribution in [-0.2, 0) is 20.8 Å². The zero-order chi connectivity index (χ0) is 20.8. The molecule has 1 aliphatic rings. The number of carbonyl (C=O) groups is 3. The summed E-state index contributed by atoms with van der Waals surface area (Å²) in [5.41, 5.74) is 2.37. The highest BCUT2D eigenvalue weighted by atomic mass is 16.5. The number of benzene rings is 2. The van der Waals surface area contributed by atoms with Gasteiger partial charge in [-0.15, -0.1) is 0 Å². The number of carbonyl (C=O) groups excluding carboxylic acids is 3. The summed E-state index contributed by atoms with van der Waals surface area (Å²) in [4.78, 5) is 37.8. The molecule has 3 rings (SSSR count). The summed E-state index contributed by atoms with van der Waals surface area (Å²) >= 11 is 0. The molecule has 0 aromatic heterocycles. The molecule has 1 atom stereocenters. The zero-order valence-electron chi connectivity index (χ0n) is 16.6. The van der Waals surface area contributed by atoms with Crippen molar-refractivity contribution in [3.05, 3.63) is 54.1 Å². The van der Waals surface area contributed by atoms with Crippen molar-refractivity contribution < 1.29 is 19.1 Å². The van der Waals surface area contributed by atoms with E-state index in [2.05, 4.69) is 10.6 Å². The molecule has 29 heavy (non-hydrogen) atoms. The summed E-state index contributed by atoms with van der Waals surface area (Å²) in [5.74, 6) is -0.00699. The van der Waals surface area contributed by atoms with Crippen LogP contribution in [0.3, 0.4) is 0 Å². The van der Waals surface area contributed by atoms with E-state index in [1.165, 1.54) is 6.92 Å². The lowest BCUT2D eigenvalue weighted by Crippen LogP contribution is -2.34. The molecule has 2 aromatic carbocycles. The lowest BCUT2D eigenvalue weighted by molar-refractivity contribution is -0.126. The first kappa shape index (κ1) is 20.4. The monoisotopic (exact) mass is 395 g/mol. The molecular formula is C22H25N3O4. The van der Waals surface area contributed by atoms with Crippen molar-refractivity contribution in [3.63, 3.8) is 0 Å². The van der Waals surface area contributed by atoms with E-state index in [9.17, 15) is 14.4 Å². The van der Waals surface area contributed by atoms with Gasteiger partial charge in [-0.1, -0.05) is 18.2 Å². The average molecular weight is 395 g/mol. The fourth-order valence-electron chi connectivity index (χ4n) is 3.39. The molecule has 3 amide bonds. The molecule has 1 saturated heterocycles. The van der Waals surface area contributed by atoms with Crippen LogP contribution >= 0.6 is 0 Å². The standard InChI is InChI=1S/C22H25N3O4/c1-15(26)24-18-6-4-7-19(13-18)25-14-17(12-21(25)27)22(28)23-10-9-16-5-3-8-20(11-16)29-2/h3-8,11,13,17H,9-10,12,14H2,1-2H3,(H,23,28)(H,24,26). The van der Waals surface area contributed by atoms with Crippen LogP contribution in [0.5, 0.6) is 5.75 Å². The van der Waals surface area contributed by atoms with Crippen LogP contribution in [0.1, 0.15) is 18.9 Å². The average Bonchev–Trinajstić information content (AvgIpc) is 3.09. The van der Waals surface area contributed by atoms with Crippen LogP contribution in [0.2, 0.25) is 0 Å². The molecule has 0 radical (unpaired) electrons. The highest BCUT2D eigenvalue weighted by molar-refractivity contribution is 6.01. The van der Waals surface area contributed by atoms with Gasteiger partial charge < -0.3 is 20.3 Å². The second kappa shape index (κ2) is 9.23. The van der Waals surface area contributed by atoms with Crippen LogP contribution in [0.4, 0.5) is 11.4 Å². The lowest BCUT2D eigenvalue weighted by Gasteiger charge is -2.18. The van der Waals surface area contributed by atoms with Gasteiger partial charge in [-0.05, 0) is 42.3 Å². The summed E-state index contributed by atoms with van der Waals surface area (Å²) in [6.07, 6.45) is 0.863. The molecule has 1 fully saturated rings. The smallest absolute Gasteiger partial charge is 0.227 e. The number of hydrogen-bond donors (Lipinski definition) is 2. The number of hydrogen-bond acceptors (Lipinski definition) is 4. The fourth-order valence-corrected chi connectivity index (χ4v) is 3.39. The Bertz CT molecular complexity index is 912. The number of rotatable bonds is 7. The Kier molecular flexibility index (Phi) is 6.49. The van der Waals surface area contributed by atoms with Crippen molar-refractivity contribution in [3.8, 4) is 5.75 Å². The number of nitrogens with one attached hydrogen (secondary N) is 2. The maximum Gasteiger partial charge on any atom is 0.227 e. The molecule has 1 aliphatic heterocycles. The van der Waals surface area contributed by atoms with Crippen LogP contribution in [-0.4, -0.2) is 37.9 Å². The van der Waals surface area contributed by atoms with E-state index in [1.807, 2.05) is 24.3 Å². The highest BCUT2D eigenvalue weighted by Crippen LogP contribution is 2.27. The number of amides is 3. The molecule has 152 valence electrons. The van der Waals surface area contributed by atoms with Gasteiger partial charge in [-0.2, -0.15) is 0 Å². The van der Waals surface area contributed by atoms with E-state index in [0.717, 1.165) is 11.3 Å². The van der Waals surface area contributed by atoms with Gasteiger partial charge >= 0.3 is 0 Å². The molecule has 2 N–H and O–H groups in total. The minimum atomic E-state index is -0.391. The topological polar surface area (TPSA) is 87.7 Å². The van der Waals surface area contributed by atoms with Crippen LogP contribution < -0.4 is 20.3 Å². The minimum absolute atomic E-state index is 0.0991. The molecule has 1 unspecified atom stereocenters. The van der Waals surface area contributed by atoms with Gasteiger partial charge in [0, 0.05) is 37.8 Å². The van der Waals surface area contributed by atoms with Gasteiger partial charge in [-0.25, -0.2) is 0 Å². The summed E-state index contributed by atoms with van der Waals surface area (Å²) in [6, 6.07) is 14.8. The third kappa shape index (κ3) is 5.34. The molecule has 7 nitrogen and oxygen atoms in total. The van der Waals surface area contributed by atoms with Gasteiger partial charge in [0.2, 0.25) is 17.7 Å². The Balaban J connectivity index is 1.55. The van der Waals surface area contributed by atoms with E-state index in [0.29, 0.717) is 30.9 Å². The highest BCUT2D eigenvalue weighted by Gasteiger charge is 2.35. The Morgan fingerprint density at radius 2 is 1.97 bits per heavy atom. The maximum absolute atomic E-state index is 12.5. The second-order valence-corrected chi connectivity index (χ2v) is 7.03. The first-order valence-corrected chi connectivity index (χ1v) is 9.55. The summed E-state index contributed by atoms with van der Waals surface area (Å²) in [5, 5.41) is 5.63.